The zero-order valence-corrected chi connectivity index (χ0v) is 17.4. The van der Waals surface area contributed by atoms with E-state index in [4.69, 9.17) is 0 Å². The van der Waals surface area contributed by atoms with Crippen molar-refractivity contribution in [3.05, 3.63) is 54.1 Å². The molecule has 0 unspecified atom stereocenters. The second-order valence-electron chi connectivity index (χ2n) is 5.81. The molecule has 26 heavy (non-hydrogen) atoms. The van der Waals surface area contributed by atoms with Crippen LogP contribution < -0.4 is 5.32 Å². The molecule has 0 aliphatic heterocycles. The normalized spacial score (nSPS) is 11.1. The number of aliphatic imine (C=N–C) groups is 1. The summed E-state index contributed by atoms with van der Waals surface area (Å²) in [6.07, 6.45) is 5.38. The Morgan fingerprint density at radius 2 is 2.19 bits per heavy atom. The maximum Gasteiger partial charge on any atom is 0.193 e. The number of rotatable bonds is 5. The molecule has 3 aromatic rings. The van der Waals surface area contributed by atoms with E-state index in [9.17, 15) is 0 Å². The van der Waals surface area contributed by atoms with E-state index in [0.717, 1.165) is 35.0 Å². The van der Waals surface area contributed by atoms with E-state index in [-0.39, 0.29) is 24.0 Å². The number of nitrogens with zero attached hydrogens (tertiary/aromatic N) is 6. The fraction of sp³-hybridized carbons (Fsp3) is 0.294. The molecule has 2 aromatic heterocycles. The molecule has 2 heterocycles. The zero-order chi connectivity index (χ0) is 17.6. The van der Waals surface area contributed by atoms with Crippen LogP contribution in [-0.2, 0) is 20.1 Å². The molecule has 0 atom stereocenters. The third kappa shape index (κ3) is 5.04. The first-order chi connectivity index (χ1) is 12.2. The number of benzene rings is 1. The molecule has 0 saturated heterocycles. The molecule has 0 spiro atoms. The highest BCUT2D eigenvalue weighted by Gasteiger charge is 2.08. The van der Waals surface area contributed by atoms with Gasteiger partial charge in [0.25, 0.3) is 0 Å². The lowest BCUT2D eigenvalue weighted by atomic mass is 10.1. The van der Waals surface area contributed by atoms with E-state index in [0.29, 0.717) is 6.54 Å². The van der Waals surface area contributed by atoms with E-state index in [1.807, 2.05) is 38.6 Å². The van der Waals surface area contributed by atoms with E-state index in [2.05, 4.69) is 47.6 Å². The van der Waals surface area contributed by atoms with Gasteiger partial charge in [-0.1, -0.05) is 18.2 Å². The van der Waals surface area contributed by atoms with E-state index < -0.39 is 0 Å². The van der Waals surface area contributed by atoms with Crippen LogP contribution in [-0.4, -0.2) is 49.9 Å². The molecular weight excluding hydrogens is 443 g/mol. The average molecular weight is 466 g/mol. The minimum Gasteiger partial charge on any atom is -0.352 e. The van der Waals surface area contributed by atoms with Crippen LogP contribution in [0.5, 0.6) is 0 Å². The van der Waals surface area contributed by atoms with E-state index in [1.165, 1.54) is 6.33 Å². The minimum absolute atomic E-state index is 0. The smallest absolute Gasteiger partial charge is 0.193 e. The van der Waals surface area contributed by atoms with Crippen LogP contribution >= 0.6 is 24.0 Å². The largest absolute Gasteiger partial charge is 0.352 e. The zero-order valence-electron chi connectivity index (χ0n) is 15.0. The third-order valence-electron chi connectivity index (χ3n) is 3.82. The van der Waals surface area contributed by atoms with E-state index in [1.54, 1.807) is 11.7 Å². The number of aromatic nitrogens is 5. The van der Waals surface area contributed by atoms with Crippen molar-refractivity contribution in [1.82, 2.24) is 35.2 Å². The second kappa shape index (κ2) is 9.32. The van der Waals surface area contributed by atoms with Crippen LogP contribution in [0.25, 0.3) is 11.4 Å². The summed E-state index contributed by atoms with van der Waals surface area (Å²) >= 11 is 0. The number of hydrogen-bond donors (Lipinski definition) is 2. The summed E-state index contributed by atoms with van der Waals surface area (Å²) in [5.41, 5.74) is 3.29. The third-order valence-corrected chi connectivity index (χ3v) is 3.82. The summed E-state index contributed by atoms with van der Waals surface area (Å²) in [6, 6.07) is 8.17. The highest BCUT2D eigenvalue weighted by Crippen LogP contribution is 2.15. The standard InChI is InChI=1S/C17H22N8.HI/c1-18-17(24(2)10-14-9-22-25(3)11-14)19-8-13-5-4-6-15(7-13)16-20-12-21-23-16;/h4-7,9,11-12H,8,10H2,1-3H3,(H,18,19)(H,20,21,23);1H. The van der Waals surface area contributed by atoms with Gasteiger partial charge in [-0.2, -0.15) is 10.2 Å². The van der Waals surface area contributed by atoms with Crippen molar-refractivity contribution in [2.75, 3.05) is 14.1 Å². The summed E-state index contributed by atoms with van der Waals surface area (Å²) in [5, 5.41) is 14.4. The summed E-state index contributed by atoms with van der Waals surface area (Å²) in [6.45, 7) is 1.41. The molecule has 0 aliphatic rings. The summed E-state index contributed by atoms with van der Waals surface area (Å²) in [7, 11) is 5.71. The van der Waals surface area contributed by atoms with Gasteiger partial charge in [-0.25, -0.2) is 4.98 Å². The number of guanidine groups is 1. The molecule has 9 heteroatoms. The highest BCUT2D eigenvalue weighted by atomic mass is 127. The fourth-order valence-corrected chi connectivity index (χ4v) is 2.64. The molecule has 0 saturated carbocycles. The summed E-state index contributed by atoms with van der Waals surface area (Å²) < 4.78 is 1.80. The maximum absolute atomic E-state index is 4.35. The van der Waals surface area contributed by atoms with Gasteiger partial charge < -0.3 is 10.2 Å². The van der Waals surface area contributed by atoms with Crippen molar-refractivity contribution in [1.29, 1.82) is 0 Å². The predicted molar refractivity (Wildman–Crippen MR) is 112 cm³/mol. The van der Waals surface area contributed by atoms with Gasteiger partial charge >= 0.3 is 0 Å². The Morgan fingerprint density at radius 1 is 1.35 bits per heavy atom. The average Bonchev–Trinajstić information content (AvgIpc) is 3.28. The van der Waals surface area contributed by atoms with Gasteiger partial charge in [-0.15, -0.1) is 24.0 Å². The number of aryl methyl sites for hydroxylation is 1. The van der Waals surface area contributed by atoms with Crippen molar-refractivity contribution in [2.45, 2.75) is 13.1 Å². The van der Waals surface area contributed by atoms with Crippen molar-refractivity contribution in [2.24, 2.45) is 12.0 Å². The first-order valence-electron chi connectivity index (χ1n) is 7.99. The van der Waals surface area contributed by atoms with Gasteiger partial charge in [-0.05, 0) is 11.6 Å². The molecule has 0 fully saturated rings. The molecule has 3 rings (SSSR count). The first-order valence-corrected chi connectivity index (χ1v) is 7.99. The fourth-order valence-electron chi connectivity index (χ4n) is 2.64. The van der Waals surface area contributed by atoms with Crippen molar-refractivity contribution in [3.63, 3.8) is 0 Å². The Kier molecular flexibility index (Phi) is 7.13. The topological polar surface area (TPSA) is 87.0 Å². The summed E-state index contributed by atoms with van der Waals surface area (Å²) in [5.74, 6) is 1.59. The highest BCUT2D eigenvalue weighted by molar-refractivity contribution is 14.0. The molecule has 0 radical (unpaired) electrons. The van der Waals surface area contributed by atoms with Crippen LogP contribution in [0.3, 0.4) is 0 Å². The van der Waals surface area contributed by atoms with Crippen molar-refractivity contribution >= 4 is 29.9 Å². The van der Waals surface area contributed by atoms with Crippen LogP contribution in [0.1, 0.15) is 11.1 Å². The van der Waals surface area contributed by atoms with Gasteiger partial charge in [0.05, 0.1) is 6.20 Å². The monoisotopic (exact) mass is 466 g/mol. The van der Waals surface area contributed by atoms with Gasteiger partial charge in [-0.3, -0.25) is 14.8 Å². The van der Waals surface area contributed by atoms with Gasteiger partial charge in [0.15, 0.2) is 11.8 Å². The van der Waals surface area contributed by atoms with Crippen molar-refractivity contribution < 1.29 is 0 Å². The van der Waals surface area contributed by atoms with Gasteiger partial charge in [0, 0.05) is 51.6 Å². The predicted octanol–water partition coefficient (Wildman–Crippen LogP) is 2.03. The van der Waals surface area contributed by atoms with E-state index >= 15 is 0 Å². The lowest BCUT2D eigenvalue weighted by Crippen LogP contribution is -2.37. The Labute approximate surface area is 169 Å². The Hall–Kier alpha value is -2.43. The SMILES string of the molecule is CN=C(NCc1cccc(-c2ncn[nH]2)c1)N(C)Cc1cnn(C)c1.I. The van der Waals surface area contributed by atoms with Gasteiger partial charge in [0.2, 0.25) is 0 Å². The Bertz CT molecular complexity index is 840. The molecule has 1 aromatic carbocycles. The maximum atomic E-state index is 4.35. The Balaban J connectivity index is 0.00000243. The van der Waals surface area contributed by atoms with Crippen LogP contribution in [0.2, 0.25) is 0 Å². The first kappa shape index (κ1) is 19.9. The second-order valence-corrected chi connectivity index (χ2v) is 5.81. The molecule has 138 valence electrons. The van der Waals surface area contributed by atoms with Crippen LogP contribution in [0.4, 0.5) is 0 Å². The Morgan fingerprint density at radius 3 is 2.85 bits per heavy atom. The number of hydrogen-bond acceptors (Lipinski definition) is 4. The number of nitrogens with one attached hydrogen (secondary N) is 2. The summed E-state index contributed by atoms with van der Waals surface area (Å²) in [4.78, 5) is 10.6. The molecular formula is C17H23IN8. The molecule has 0 bridgehead atoms. The number of aromatic amines is 1. The minimum atomic E-state index is 0. The quantitative estimate of drug-likeness (QED) is 0.342. The van der Waals surface area contributed by atoms with Gasteiger partial charge in [0.1, 0.15) is 6.33 Å². The van der Waals surface area contributed by atoms with Crippen molar-refractivity contribution in [3.8, 4) is 11.4 Å². The molecule has 2 N–H and O–H groups in total. The molecule has 0 amide bonds. The molecule has 8 nitrogen and oxygen atoms in total. The lowest BCUT2D eigenvalue weighted by Gasteiger charge is -2.21. The lowest BCUT2D eigenvalue weighted by molar-refractivity contribution is 0.476. The molecule has 0 aliphatic carbocycles. The number of halogens is 1. The number of H-pyrrole nitrogens is 1. The van der Waals surface area contributed by atoms with Crippen LogP contribution in [0, 0.1) is 0 Å². The van der Waals surface area contributed by atoms with Crippen LogP contribution in [0.15, 0.2) is 48.0 Å².